The number of aliphatic carboxylic acids is 1. The van der Waals surface area contributed by atoms with E-state index in [-0.39, 0.29) is 16.9 Å². The molecule has 0 amide bonds. The Morgan fingerprint density at radius 2 is 1.33 bits per heavy atom. The molecule has 0 unspecified atom stereocenters. The fraction of sp³-hybridized carbons (Fsp3) is 0. The molecule has 0 heterocycles. The highest BCUT2D eigenvalue weighted by molar-refractivity contribution is 6.20. The number of hydrogen-bond donors (Lipinski definition) is 3. The van der Waals surface area contributed by atoms with Crippen molar-refractivity contribution in [3.63, 3.8) is 0 Å². The van der Waals surface area contributed by atoms with Gasteiger partial charge < -0.3 is 15.3 Å². The zero-order valence-corrected chi connectivity index (χ0v) is 10.9. The van der Waals surface area contributed by atoms with Crippen molar-refractivity contribution in [1.29, 1.82) is 0 Å². The number of hydrogen-bond acceptors (Lipinski definition) is 3. The van der Waals surface area contributed by atoms with Gasteiger partial charge in [-0.25, -0.2) is 9.59 Å². The minimum atomic E-state index is -1.11. The lowest BCUT2D eigenvalue weighted by Gasteiger charge is -2.04. The highest BCUT2D eigenvalue weighted by Crippen LogP contribution is 2.21. The topological polar surface area (TPSA) is 94.8 Å². The first-order valence-electron chi connectivity index (χ1n) is 6.05. The third kappa shape index (κ3) is 3.48. The zero-order chi connectivity index (χ0) is 15.4. The Kier molecular flexibility index (Phi) is 4.04. The van der Waals surface area contributed by atoms with E-state index in [1.807, 2.05) is 0 Å². The molecule has 21 heavy (non-hydrogen) atoms. The molecule has 106 valence electrons. The van der Waals surface area contributed by atoms with Crippen molar-refractivity contribution in [2.45, 2.75) is 0 Å². The molecule has 0 aliphatic rings. The average Bonchev–Trinajstić information content (AvgIpc) is 2.46. The van der Waals surface area contributed by atoms with Gasteiger partial charge in [0.2, 0.25) is 0 Å². The van der Waals surface area contributed by atoms with Crippen LogP contribution in [0.3, 0.4) is 0 Å². The molecule has 0 saturated heterocycles. The quantitative estimate of drug-likeness (QED) is 0.592. The Balaban J connectivity index is 2.40. The maximum absolute atomic E-state index is 11.3. The summed E-state index contributed by atoms with van der Waals surface area (Å²) in [4.78, 5) is 22.1. The summed E-state index contributed by atoms with van der Waals surface area (Å²) in [5.74, 6) is -2.10. The van der Waals surface area contributed by atoms with Gasteiger partial charge >= 0.3 is 11.9 Å². The van der Waals surface area contributed by atoms with Crippen LogP contribution in [0, 0.1) is 0 Å². The van der Waals surface area contributed by atoms with Crippen LogP contribution in [0.2, 0.25) is 0 Å². The molecule has 3 N–H and O–H groups in total. The van der Waals surface area contributed by atoms with E-state index in [4.69, 9.17) is 5.11 Å². The summed E-state index contributed by atoms with van der Waals surface area (Å²) < 4.78 is 0. The summed E-state index contributed by atoms with van der Waals surface area (Å²) in [7, 11) is 0. The van der Waals surface area contributed by atoms with Gasteiger partial charge in [0.05, 0.1) is 11.1 Å². The third-order valence-electron chi connectivity index (χ3n) is 2.88. The molecule has 0 radical (unpaired) electrons. The van der Waals surface area contributed by atoms with Crippen molar-refractivity contribution in [2.24, 2.45) is 0 Å². The Morgan fingerprint density at radius 1 is 0.810 bits per heavy atom. The first-order valence-corrected chi connectivity index (χ1v) is 6.05. The van der Waals surface area contributed by atoms with Crippen LogP contribution in [0.1, 0.15) is 21.5 Å². The van der Waals surface area contributed by atoms with Crippen LogP contribution in [0.5, 0.6) is 5.75 Å². The monoisotopic (exact) mass is 284 g/mol. The second kappa shape index (κ2) is 5.92. The van der Waals surface area contributed by atoms with E-state index < -0.39 is 11.9 Å². The Labute approximate surface area is 120 Å². The number of phenolic OH excluding ortho intramolecular Hbond substituents is 1. The van der Waals surface area contributed by atoms with Gasteiger partial charge in [0.15, 0.2) is 0 Å². The molecule has 5 nitrogen and oxygen atoms in total. The molecule has 0 aliphatic carbocycles. The first-order chi connectivity index (χ1) is 9.97. The van der Waals surface area contributed by atoms with Gasteiger partial charge in [-0.3, -0.25) is 0 Å². The van der Waals surface area contributed by atoms with Crippen LogP contribution < -0.4 is 0 Å². The van der Waals surface area contributed by atoms with Gasteiger partial charge in [-0.05, 0) is 41.5 Å². The van der Waals surface area contributed by atoms with Crippen molar-refractivity contribution in [3.8, 4) is 5.75 Å². The zero-order valence-electron chi connectivity index (χ0n) is 10.9. The number of carboxylic acid groups (broad SMARTS) is 2. The van der Waals surface area contributed by atoms with Gasteiger partial charge in [0.1, 0.15) is 5.75 Å². The highest BCUT2D eigenvalue weighted by atomic mass is 16.4. The van der Waals surface area contributed by atoms with E-state index in [1.165, 1.54) is 54.6 Å². The maximum atomic E-state index is 11.3. The van der Waals surface area contributed by atoms with Gasteiger partial charge in [-0.1, -0.05) is 24.3 Å². The van der Waals surface area contributed by atoms with E-state index in [9.17, 15) is 19.8 Å². The Morgan fingerprint density at radius 3 is 1.81 bits per heavy atom. The van der Waals surface area contributed by atoms with E-state index in [0.717, 1.165) is 0 Å². The van der Waals surface area contributed by atoms with Crippen molar-refractivity contribution >= 4 is 23.6 Å². The number of rotatable bonds is 4. The van der Waals surface area contributed by atoms with Gasteiger partial charge in [-0.2, -0.15) is 0 Å². The van der Waals surface area contributed by atoms with E-state index >= 15 is 0 Å². The van der Waals surface area contributed by atoms with Crippen molar-refractivity contribution in [3.05, 3.63) is 65.2 Å². The van der Waals surface area contributed by atoms with Gasteiger partial charge in [-0.15, -0.1) is 0 Å². The summed E-state index contributed by atoms with van der Waals surface area (Å²) in [6.45, 7) is 0. The third-order valence-corrected chi connectivity index (χ3v) is 2.88. The smallest absolute Gasteiger partial charge is 0.336 e. The van der Waals surface area contributed by atoms with Crippen molar-refractivity contribution in [1.82, 2.24) is 0 Å². The minimum Gasteiger partial charge on any atom is -0.508 e. The van der Waals surface area contributed by atoms with Crippen LogP contribution in [-0.4, -0.2) is 27.3 Å². The second-order valence-corrected chi connectivity index (χ2v) is 4.34. The molecule has 2 rings (SSSR count). The van der Waals surface area contributed by atoms with Crippen LogP contribution in [-0.2, 0) is 4.79 Å². The SMILES string of the molecule is O=C(O)/C(=C\c1ccc(C(=O)O)cc1)c1ccc(O)cc1. The predicted octanol–water partition coefficient (Wildman–Crippen LogP) is 2.72. The highest BCUT2D eigenvalue weighted by Gasteiger charge is 2.10. The molecule has 0 saturated carbocycles. The van der Waals surface area contributed by atoms with Gasteiger partial charge in [0.25, 0.3) is 0 Å². The maximum Gasteiger partial charge on any atom is 0.336 e. The summed E-state index contributed by atoms with van der Waals surface area (Å²) >= 11 is 0. The predicted molar refractivity (Wildman–Crippen MR) is 77.0 cm³/mol. The van der Waals surface area contributed by atoms with E-state index in [1.54, 1.807) is 0 Å². The van der Waals surface area contributed by atoms with Crippen LogP contribution in [0.4, 0.5) is 0 Å². The van der Waals surface area contributed by atoms with Crippen LogP contribution in [0.25, 0.3) is 11.6 Å². The Bertz CT molecular complexity index is 696. The molecule has 0 atom stereocenters. The number of phenols is 1. The standard InChI is InChI=1S/C16H12O5/c17-13-7-5-11(6-8-13)14(16(20)21)9-10-1-3-12(4-2-10)15(18)19/h1-9,17H,(H,18,19)(H,20,21)/b14-9-. The molecule has 0 aliphatic heterocycles. The molecule has 0 aromatic heterocycles. The summed E-state index contributed by atoms with van der Waals surface area (Å²) in [5, 5.41) is 27.3. The number of benzene rings is 2. The average molecular weight is 284 g/mol. The molecule has 2 aromatic rings. The summed E-state index contributed by atoms with van der Waals surface area (Å²) in [6.07, 6.45) is 1.44. The number of carbonyl (C=O) groups is 2. The lowest BCUT2D eigenvalue weighted by Crippen LogP contribution is -2.00. The number of aromatic carboxylic acids is 1. The van der Waals surface area contributed by atoms with Gasteiger partial charge in [0, 0.05) is 0 Å². The molecule has 0 bridgehead atoms. The summed E-state index contributed by atoms with van der Waals surface area (Å²) in [6, 6.07) is 11.7. The number of carboxylic acids is 2. The van der Waals surface area contributed by atoms with Crippen molar-refractivity contribution in [2.75, 3.05) is 0 Å². The second-order valence-electron chi connectivity index (χ2n) is 4.34. The molecular formula is C16H12O5. The first kappa shape index (κ1) is 14.3. The van der Waals surface area contributed by atoms with Crippen LogP contribution in [0.15, 0.2) is 48.5 Å². The fourth-order valence-electron chi connectivity index (χ4n) is 1.80. The summed E-state index contributed by atoms with van der Waals surface area (Å²) in [5.41, 5.74) is 1.21. The largest absolute Gasteiger partial charge is 0.508 e. The van der Waals surface area contributed by atoms with E-state index in [2.05, 4.69) is 0 Å². The minimum absolute atomic E-state index is 0.0503. The molecule has 5 heteroatoms. The fourth-order valence-corrected chi connectivity index (χ4v) is 1.80. The molecular weight excluding hydrogens is 272 g/mol. The van der Waals surface area contributed by atoms with E-state index in [0.29, 0.717) is 11.1 Å². The van der Waals surface area contributed by atoms with Crippen LogP contribution >= 0.6 is 0 Å². The Hall–Kier alpha value is -3.08. The van der Waals surface area contributed by atoms with Crippen molar-refractivity contribution < 1.29 is 24.9 Å². The molecule has 0 fully saturated rings. The molecule has 2 aromatic carbocycles. The number of aromatic hydroxyl groups is 1. The lowest BCUT2D eigenvalue weighted by molar-refractivity contribution is -0.130. The normalized spacial score (nSPS) is 11.1. The lowest BCUT2D eigenvalue weighted by atomic mass is 10.0. The molecule has 0 spiro atoms.